The van der Waals surface area contributed by atoms with Crippen molar-refractivity contribution in [1.82, 2.24) is 0 Å². The largest absolute Gasteiger partial charge is 0.390 e. The van der Waals surface area contributed by atoms with Crippen molar-refractivity contribution >= 4 is 23.2 Å². The van der Waals surface area contributed by atoms with Crippen molar-refractivity contribution in [3.63, 3.8) is 0 Å². The summed E-state index contributed by atoms with van der Waals surface area (Å²) < 4.78 is 0. The van der Waals surface area contributed by atoms with Crippen molar-refractivity contribution in [2.75, 3.05) is 5.75 Å². The lowest BCUT2D eigenvalue weighted by atomic mass is 9.98. The highest BCUT2D eigenvalue weighted by molar-refractivity contribution is 8.13. The number of aldehydes is 1. The average Bonchev–Trinajstić information content (AvgIpc) is 2.37. The van der Waals surface area contributed by atoms with E-state index in [1.54, 1.807) is 25.1 Å². The van der Waals surface area contributed by atoms with Crippen LogP contribution in [0.4, 0.5) is 0 Å². The third-order valence-electron chi connectivity index (χ3n) is 2.85. The van der Waals surface area contributed by atoms with Crippen LogP contribution in [0.5, 0.6) is 0 Å². The molecular weight excluding hydrogens is 264 g/mol. The van der Waals surface area contributed by atoms with Crippen LogP contribution in [0.3, 0.4) is 0 Å². The number of hydrogen-bond donors (Lipinski definition) is 2. The van der Waals surface area contributed by atoms with Crippen LogP contribution in [0.15, 0.2) is 18.2 Å². The van der Waals surface area contributed by atoms with Crippen molar-refractivity contribution < 1.29 is 19.8 Å². The van der Waals surface area contributed by atoms with Crippen LogP contribution >= 0.6 is 11.8 Å². The summed E-state index contributed by atoms with van der Waals surface area (Å²) in [5.74, 6) is 0.471. The number of rotatable bonds is 6. The van der Waals surface area contributed by atoms with Crippen molar-refractivity contribution in [3.8, 4) is 0 Å². The molecule has 5 heteroatoms. The number of aliphatic hydroxyl groups excluding tert-OH is 2. The molecule has 1 rings (SSSR count). The van der Waals surface area contributed by atoms with Crippen LogP contribution in [0.2, 0.25) is 0 Å². The maximum Gasteiger partial charge on any atom is 0.185 e. The molecule has 0 aliphatic carbocycles. The van der Waals surface area contributed by atoms with Gasteiger partial charge in [-0.2, -0.15) is 0 Å². The fourth-order valence-electron chi connectivity index (χ4n) is 1.72. The van der Waals surface area contributed by atoms with Crippen LogP contribution in [-0.4, -0.2) is 33.5 Å². The Morgan fingerprint density at radius 3 is 2.63 bits per heavy atom. The fraction of sp³-hybridized carbons (Fsp3) is 0.429. The fourth-order valence-corrected chi connectivity index (χ4v) is 2.37. The Balaban J connectivity index is 2.65. The second kappa shape index (κ2) is 7.43. The number of aryl methyl sites for hydroxylation is 1. The molecule has 0 radical (unpaired) electrons. The summed E-state index contributed by atoms with van der Waals surface area (Å²) >= 11 is 1.13. The molecule has 4 nitrogen and oxygen atoms in total. The highest BCUT2D eigenvalue weighted by atomic mass is 32.2. The zero-order valence-corrected chi connectivity index (χ0v) is 11.8. The highest BCUT2D eigenvalue weighted by Gasteiger charge is 2.18. The molecule has 0 aliphatic heterocycles. The molecule has 1 aromatic carbocycles. The normalized spacial score (nSPS) is 13.9. The summed E-state index contributed by atoms with van der Waals surface area (Å²) in [5, 5.41) is 19.9. The van der Waals surface area contributed by atoms with Crippen LogP contribution in [0.1, 0.15) is 40.9 Å². The molecule has 0 saturated carbocycles. The Labute approximate surface area is 116 Å². The number of carbonyl (C=O) groups is 2. The van der Waals surface area contributed by atoms with Gasteiger partial charge in [0.2, 0.25) is 0 Å². The van der Waals surface area contributed by atoms with Crippen molar-refractivity contribution in [1.29, 1.82) is 0 Å². The molecule has 2 unspecified atom stereocenters. The van der Waals surface area contributed by atoms with Crippen LogP contribution < -0.4 is 0 Å². The van der Waals surface area contributed by atoms with Gasteiger partial charge in [-0.05, 0) is 24.5 Å². The highest BCUT2D eigenvalue weighted by Crippen LogP contribution is 2.22. The van der Waals surface area contributed by atoms with E-state index in [0.717, 1.165) is 23.6 Å². The van der Waals surface area contributed by atoms with Gasteiger partial charge in [-0.25, -0.2) is 0 Å². The van der Waals surface area contributed by atoms with Gasteiger partial charge in [-0.3, -0.25) is 9.59 Å². The van der Waals surface area contributed by atoms with E-state index in [1.165, 1.54) is 6.92 Å². The minimum Gasteiger partial charge on any atom is -0.390 e. The second-order valence-electron chi connectivity index (χ2n) is 4.37. The Morgan fingerprint density at radius 2 is 2.11 bits per heavy atom. The molecular formula is C14H18O4S. The number of aliphatic hydroxyl groups is 2. The first-order valence-corrected chi connectivity index (χ1v) is 6.99. The zero-order chi connectivity index (χ0) is 14.4. The molecule has 0 bridgehead atoms. The lowest BCUT2D eigenvalue weighted by Crippen LogP contribution is -2.19. The smallest absolute Gasteiger partial charge is 0.185 e. The summed E-state index contributed by atoms with van der Waals surface area (Å²) in [6, 6.07) is 4.94. The Kier molecular flexibility index (Phi) is 6.21. The van der Waals surface area contributed by atoms with Gasteiger partial charge in [0, 0.05) is 18.2 Å². The summed E-state index contributed by atoms with van der Waals surface area (Å²) in [6.07, 6.45) is -0.842. The topological polar surface area (TPSA) is 74.6 Å². The summed E-state index contributed by atoms with van der Waals surface area (Å²) in [4.78, 5) is 21.5. The molecule has 2 atom stereocenters. The third-order valence-corrected chi connectivity index (χ3v) is 3.69. The van der Waals surface area contributed by atoms with E-state index in [0.29, 0.717) is 23.3 Å². The van der Waals surface area contributed by atoms with Crippen molar-refractivity contribution in [2.45, 2.75) is 32.5 Å². The number of hydrogen-bond acceptors (Lipinski definition) is 5. The van der Waals surface area contributed by atoms with Gasteiger partial charge in [-0.15, -0.1) is 0 Å². The predicted octanol–water partition coefficient (Wildman–Crippen LogP) is 1.87. The molecule has 104 valence electrons. The molecule has 0 fully saturated rings. The van der Waals surface area contributed by atoms with Gasteiger partial charge in [0.25, 0.3) is 0 Å². The van der Waals surface area contributed by atoms with E-state index >= 15 is 0 Å². The average molecular weight is 282 g/mol. The first-order valence-electron chi connectivity index (χ1n) is 6.01. The maximum absolute atomic E-state index is 10.8. The second-order valence-corrected chi connectivity index (χ2v) is 5.65. The van der Waals surface area contributed by atoms with Gasteiger partial charge in [0.15, 0.2) is 5.12 Å². The molecule has 1 aromatic rings. The van der Waals surface area contributed by atoms with E-state index < -0.39 is 12.2 Å². The molecule has 0 aliphatic rings. The van der Waals surface area contributed by atoms with E-state index in [4.69, 9.17) is 0 Å². The number of thioether (sulfide) groups is 1. The monoisotopic (exact) mass is 282 g/mol. The van der Waals surface area contributed by atoms with E-state index in [9.17, 15) is 19.8 Å². The first kappa shape index (κ1) is 15.9. The van der Waals surface area contributed by atoms with Gasteiger partial charge >= 0.3 is 0 Å². The Bertz CT molecular complexity index is 459. The Morgan fingerprint density at radius 1 is 1.42 bits per heavy atom. The SMILES string of the molecule is CC(=O)SCCC(O)C(O)c1ccc(C=O)c(C)c1. The molecule has 2 N–H and O–H groups in total. The zero-order valence-electron chi connectivity index (χ0n) is 11.0. The van der Waals surface area contributed by atoms with E-state index in [2.05, 4.69) is 0 Å². The third kappa shape index (κ3) is 4.78. The maximum atomic E-state index is 10.8. The van der Waals surface area contributed by atoms with Gasteiger partial charge in [0.1, 0.15) is 12.4 Å². The van der Waals surface area contributed by atoms with Gasteiger partial charge < -0.3 is 10.2 Å². The van der Waals surface area contributed by atoms with Crippen LogP contribution in [-0.2, 0) is 4.79 Å². The molecule has 0 amide bonds. The van der Waals surface area contributed by atoms with Crippen molar-refractivity contribution in [3.05, 3.63) is 34.9 Å². The quantitative estimate of drug-likeness (QED) is 0.779. The molecule has 0 saturated heterocycles. The predicted molar refractivity (Wildman–Crippen MR) is 75.3 cm³/mol. The van der Waals surface area contributed by atoms with Gasteiger partial charge in [-0.1, -0.05) is 30.0 Å². The van der Waals surface area contributed by atoms with Crippen LogP contribution in [0, 0.1) is 6.92 Å². The number of benzene rings is 1. The lowest BCUT2D eigenvalue weighted by Gasteiger charge is -2.18. The van der Waals surface area contributed by atoms with Gasteiger partial charge in [0.05, 0.1) is 6.10 Å². The van der Waals surface area contributed by atoms with Crippen LogP contribution in [0.25, 0.3) is 0 Å². The summed E-state index contributed by atoms with van der Waals surface area (Å²) in [5.41, 5.74) is 1.90. The van der Waals surface area contributed by atoms with E-state index in [1.807, 2.05) is 0 Å². The summed E-state index contributed by atoms with van der Waals surface area (Å²) in [6.45, 7) is 3.24. The van der Waals surface area contributed by atoms with E-state index in [-0.39, 0.29) is 5.12 Å². The first-order chi connectivity index (χ1) is 8.95. The molecule has 0 aromatic heterocycles. The molecule has 19 heavy (non-hydrogen) atoms. The molecule has 0 heterocycles. The lowest BCUT2D eigenvalue weighted by molar-refractivity contribution is -0.109. The standard InChI is InChI=1S/C14H18O4S/c1-9-7-11(3-4-12(9)8-15)14(18)13(17)5-6-19-10(2)16/h3-4,7-8,13-14,17-18H,5-6H2,1-2H3. The number of carbonyl (C=O) groups excluding carboxylic acids is 2. The summed E-state index contributed by atoms with van der Waals surface area (Å²) in [7, 11) is 0. The minimum absolute atomic E-state index is 0.00660. The van der Waals surface area contributed by atoms with Crippen molar-refractivity contribution in [2.24, 2.45) is 0 Å². The molecule has 0 spiro atoms. The minimum atomic E-state index is -1.01. The Hall–Kier alpha value is -1.17.